The molecule has 1 atom stereocenters. The average Bonchev–Trinajstić information content (AvgIpc) is 3.54. The van der Waals surface area contributed by atoms with Gasteiger partial charge in [-0.15, -0.1) is 11.3 Å². The number of amides is 1. The Hall–Kier alpha value is -3.65. The first-order valence-electron chi connectivity index (χ1n) is 10.6. The Balaban J connectivity index is 1.66. The summed E-state index contributed by atoms with van der Waals surface area (Å²) in [5.41, 5.74) is 2.47. The Kier molecular flexibility index (Phi) is 7.04. The van der Waals surface area contributed by atoms with E-state index in [0.29, 0.717) is 17.0 Å². The van der Waals surface area contributed by atoms with Gasteiger partial charge < -0.3 is 14.2 Å². The summed E-state index contributed by atoms with van der Waals surface area (Å²) in [7, 11) is 1.62. The maximum absolute atomic E-state index is 13.3. The standard InChI is InChI=1S/C25H24N2O5S/c1-3-31-24(28)16-32-22-8-5-4-7-19(22)21-15-20(17-10-12-18(30-2)13-11-17)26-27(21)25(29)23-9-6-14-33-23/h4-14,21H,3,15-16H2,1-2H3/t21-/m0/s1. The average molecular weight is 465 g/mol. The van der Waals surface area contributed by atoms with Crippen molar-refractivity contribution in [3.8, 4) is 11.5 Å². The Labute approximate surface area is 196 Å². The summed E-state index contributed by atoms with van der Waals surface area (Å²) in [6, 6.07) is 18.2. The first-order valence-corrected chi connectivity index (χ1v) is 11.4. The second kappa shape index (κ2) is 10.3. The van der Waals surface area contributed by atoms with Crippen LogP contribution in [0, 0.1) is 0 Å². The molecule has 0 saturated carbocycles. The molecule has 33 heavy (non-hydrogen) atoms. The first kappa shape index (κ1) is 22.5. The van der Waals surface area contributed by atoms with Crippen LogP contribution in [0.15, 0.2) is 71.1 Å². The molecule has 0 N–H and O–H groups in total. The highest BCUT2D eigenvalue weighted by atomic mass is 32.1. The van der Waals surface area contributed by atoms with Crippen molar-refractivity contribution in [2.24, 2.45) is 5.10 Å². The van der Waals surface area contributed by atoms with Crippen LogP contribution < -0.4 is 9.47 Å². The third-order valence-corrected chi connectivity index (χ3v) is 6.06. The van der Waals surface area contributed by atoms with Gasteiger partial charge in [-0.3, -0.25) is 4.79 Å². The molecule has 0 unspecified atom stereocenters. The Bertz CT molecular complexity index is 1140. The molecule has 2 aromatic carbocycles. The zero-order chi connectivity index (χ0) is 23.2. The maximum Gasteiger partial charge on any atom is 0.344 e. The Morgan fingerprint density at radius 2 is 1.88 bits per heavy atom. The monoisotopic (exact) mass is 464 g/mol. The van der Waals surface area contributed by atoms with E-state index in [1.165, 1.54) is 16.3 Å². The Morgan fingerprint density at radius 1 is 1.09 bits per heavy atom. The molecule has 170 valence electrons. The lowest BCUT2D eigenvalue weighted by atomic mass is 9.97. The van der Waals surface area contributed by atoms with Gasteiger partial charge in [0.2, 0.25) is 0 Å². The summed E-state index contributed by atoms with van der Waals surface area (Å²) in [6.45, 7) is 1.83. The molecule has 2 heterocycles. The molecule has 0 spiro atoms. The molecule has 1 amide bonds. The van der Waals surface area contributed by atoms with Crippen molar-refractivity contribution in [1.29, 1.82) is 0 Å². The van der Waals surface area contributed by atoms with Crippen LogP contribution >= 0.6 is 11.3 Å². The number of para-hydroxylation sites is 1. The summed E-state index contributed by atoms with van der Waals surface area (Å²) < 4.78 is 16.0. The van der Waals surface area contributed by atoms with E-state index in [1.54, 1.807) is 26.2 Å². The molecule has 4 rings (SSSR count). The van der Waals surface area contributed by atoms with E-state index in [0.717, 1.165) is 22.6 Å². The minimum atomic E-state index is -0.444. The molecule has 1 aliphatic rings. The van der Waals surface area contributed by atoms with Gasteiger partial charge >= 0.3 is 5.97 Å². The van der Waals surface area contributed by atoms with E-state index in [9.17, 15) is 9.59 Å². The van der Waals surface area contributed by atoms with Gasteiger partial charge in [0.1, 0.15) is 11.5 Å². The molecule has 0 radical (unpaired) electrons. The number of hydrogen-bond donors (Lipinski definition) is 0. The highest BCUT2D eigenvalue weighted by Gasteiger charge is 2.35. The van der Waals surface area contributed by atoms with Gasteiger partial charge in [0, 0.05) is 12.0 Å². The number of esters is 1. The van der Waals surface area contributed by atoms with Crippen LogP contribution in [0.5, 0.6) is 11.5 Å². The van der Waals surface area contributed by atoms with Crippen molar-refractivity contribution < 1.29 is 23.8 Å². The second-order valence-electron chi connectivity index (χ2n) is 7.25. The van der Waals surface area contributed by atoms with Crippen LogP contribution in [-0.4, -0.2) is 42.9 Å². The van der Waals surface area contributed by atoms with Gasteiger partial charge in [-0.25, -0.2) is 9.80 Å². The minimum Gasteiger partial charge on any atom is -0.497 e. The predicted octanol–water partition coefficient (Wildman–Crippen LogP) is 4.69. The fourth-order valence-corrected chi connectivity index (χ4v) is 4.29. The number of methoxy groups -OCH3 is 1. The van der Waals surface area contributed by atoms with Crippen LogP contribution in [0.3, 0.4) is 0 Å². The van der Waals surface area contributed by atoms with Crippen molar-refractivity contribution >= 4 is 28.9 Å². The van der Waals surface area contributed by atoms with Crippen LogP contribution in [-0.2, 0) is 9.53 Å². The minimum absolute atomic E-state index is 0.182. The van der Waals surface area contributed by atoms with Crippen LogP contribution in [0.25, 0.3) is 0 Å². The summed E-state index contributed by atoms with van der Waals surface area (Å²) in [5.74, 6) is 0.642. The highest BCUT2D eigenvalue weighted by Crippen LogP contribution is 2.38. The lowest BCUT2D eigenvalue weighted by Crippen LogP contribution is -2.27. The summed E-state index contributed by atoms with van der Waals surface area (Å²) in [5, 5.41) is 8.09. The molecule has 0 aliphatic carbocycles. The summed E-state index contributed by atoms with van der Waals surface area (Å²) >= 11 is 1.37. The van der Waals surface area contributed by atoms with Gasteiger partial charge in [-0.2, -0.15) is 5.10 Å². The number of carbonyl (C=O) groups is 2. The summed E-state index contributed by atoms with van der Waals surface area (Å²) in [4.78, 5) is 25.8. The van der Waals surface area contributed by atoms with Crippen molar-refractivity contribution in [2.45, 2.75) is 19.4 Å². The van der Waals surface area contributed by atoms with Gasteiger partial charge in [-0.05, 0) is 54.3 Å². The SMILES string of the molecule is CCOC(=O)COc1ccccc1[C@@H]1CC(c2ccc(OC)cc2)=NN1C(=O)c1cccs1. The van der Waals surface area contributed by atoms with E-state index in [-0.39, 0.29) is 25.2 Å². The fraction of sp³-hybridized carbons (Fsp3) is 0.240. The number of rotatable bonds is 8. The third-order valence-electron chi connectivity index (χ3n) is 5.20. The molecule has 1 aliphatic heterocycles. The smallest absolute Gasteiger partial charge is 0.344 e. The number of hydrogen-bond acceptors (Lipinski definition) is 7. The number of benzene rings is 2. The maximum atomic E-state index is 13.3. The van der Waals surface area contributed by atoms with Crippen LogP contribution in [0.2, 0.25) is 0 Å². The molecule has 0 bridgehead atoms. The van der Waals surface area contributed by atoms with Crippen molar-refractivity contribution in [3.05, 3.63) is 82.0 Å². The second-order valence-corrected chi connectivity index (χ2v) is 8.20. The largest absolute Gasteiger partial charge is 0.497 e. The number of nitrogens with zero attached hydrogens (tertiary/aromatic N) is 2. The Morgan fingerprint density at radius 3 is 2.58 bits per heavy atom. The van der Waals surface area contributed by atoms with Crippen molar-refractivity contribution in [2.75, 3.05) is 20.3 Å². The topological polar surface area (TPSA) is 77.4 Å². The lowest BCUT2D eigenvalue weighted by molar-refractivity contribution is -0.145. The molecule has 3 aromatic rings. The van der Waals surface area contributed by atoms with E-state index in [1.807, 2.05) is 53.9 Å². The fourth-order valence-electron chi connectivity index (χ4n) is 3.64. The first-order chi connectivity index (χ1) is 16.1. The zero-order valence-electron chi connectivity index (χ0n) is 18.4. The van der Waals surface area contributed by atoms with Gasteiger partial charge in [0.15, 0.2) is 6.61 Å². The van der Waals surface area contributed by atoms with Crippen LogP contribution in [0.1, 0.15) is 40.2 Å². The van der Waals surface area contributed by atoms with Gasteiger partial charge in [-0.1, -0.05) is 24.3 Å². The van der Waals surface area contributed by atoms with Crippen LogP contribution in [0.4, 0.5) is 0 Å². The third kappa shape index (κ3) is 5.06. The highest BCUT2D eigenvalue weighted by molar-refractivity contribution is 7.12. The molecule has 7 nitrogen and oxygen atoms in total. The zero-order valence-corrected chi connectivity index (χ0v) is 19.2. The van der Waals surface area contributed by atoms with E-state index in [4.69, 9.17) is 19.3 Å². The number of hydrazone groups is 1. The molecule has 8 heteroatoms. The molecule has 1 aromatic heterocycles. The van der Waals surface area contributed by atoms with Crippen molar-refractivity contribution in [1.82, 2.24) is 5.01 Å². The molecular formula is C25H24N2O5S. The van der Waals surface area contributed by atoms with E-state index >= 15 is 0 Å². The molecule has 0 fully saturated rings. The van der Waals surface area contributed by atoms with Gasteiger partial charge in [0.25, 0.3) is 5.91 Å². The number of thiophene rings is 1. The quantitative estimate of drug-likeness (QED) is 0.452. The molecular weight excluding hydrogens is 440 g/mol. The van der Waals surface area contributed by atoms with Gasteiger partial charge in [0.05, 0.1) is 30.3 Å². The predicted molar refractivity (Wildman–Crippen MR) is 126 cm³/mol. The lowest BCUT2D eigenvalue weighted by Gasteiger charge is -2.23. The number of carbonyl (C=O) groups excluding carboxylic acids is 2. The normalized spacial score (nSPS) is 15.2. The van der Waals surface area contributed by atoms with E-state index < -0.39 is 5.97 Å². The van der Waals surface area contributed by atoms with E-state index in [2.05, 4.69) is 0 Å². The number of ether oxygens (including phenoxy) is 3. The van der Waals surface area contributed by atoms with Crippen molar-refractivity contribution in [3.63, 3.8) is 0 Å². The molecule has 0 saturated heterocycles. The summed E-state index contributed by atoms with van der Waals surface area (Å²) in [6.07, 6.45) is 0.503.